The number of aryl methyl sites for hydroxylation is 1. The standard InChI is InChI=1S/C16H16N4O3S/c21-13-5-4-9-11(18-13)2-1-3-12(9)19-14(22)10-8-17-16-20(15(10)23)6-7-24-16/h4-5,8,12H,1-3,6-7H2,(H,18,21)(H,19,22)/t12-/m1/s1. The van der Waals surface area contributed by atoms with Crippen LogP contribution in [0, 0.1) is 0 Å². The lowest BCUT2D eigenvalue weighted by Crippen LogP contribution is -2.37. The molecule has 1 amide bonds. The fourth-order valence-electron chi connectivity index (χ4n) is 3.26. The molecule has 2 aromatic heterocycles. The Morgan fingerprint density at radius 1 is 1.38 bits per heavy atom. The van der Waals surface area contributed by atoms with Crippen molar-refractivity contribution in [2.45, 2.75) is 37.0 Å². The van der Waals surface area contributed by atoms with Crippen molar-refractivity contribution >= 4 is 17.7 Å². The van der Waals surface area contributed by atoms with Gasteiger partial charge in [0.2, 0.25) is 5.56 Å². The minimum absolute atomic E-state index is 0.0674. The number of amides is 1. The number of hydrogen-bond donors (Lipinski definition) is 2. The Labute approximate surface area is 141 Å². The molecule has 0 saturated carbocycles. The van der Waals surface area contributed by atoms with Crippen LogP contribution in [0.3, 0.4) is 0 Å². The van der Waals surface area contributed by atoms with Gasteiger partial charge in [0.05, 0.1) is 6.04 Å². The number of nitrogens with zero attached hydrogens (tertiary/aromatic N) is 2. The van der Waals surface area contributed by atoms with E-state index in [4.69, 9.17) is 0 Å². The lowest BCUT2D eigenvalue weighted by atomic mass is 9.91. The molecule has 2 aliphatic rings. The lowest BCUT2D eigenvalue weighted by Gasteiger charge is -2.25. The number of carbonyl (C=O) groups excluding carboxylic acids is 1. The van der Waals surface area contributed by atoms with Gasteiger partial charge in [0.1, 0.15) is 5.56 Å². The van der Waals surface area contributed by atoms with Crippen molar-refractivity contribution < 1.29 is 4.79 Å². The SMILES string of the molecule is O=C(N[C@@H]1CCCc2[nH]c(=O)ccc21)c1cnc2n(c1=O)CCS2. The summed E-state index contributed by atoms with van der Waals surface area (Å²) in [7, 11) is 0. The van der Waals surface area contributed by atoms with Crippen LogP contribution >= 0.6 is 11.8 Å². The van der Waals surface area contributed by atoms with Gasteiger partial charge < -0.3 is 10.3 Å². The zero-order valence-corrected chi connectivity index (χ0v) is 13.7. The molecule has 0 unspecified atom stereocenters. The van der Waals surface area contributed by atoms with Crippen molar-refractivity contribution in [3.8, 4) is 0 Å². The fourth-order valence-corrected chi connectivity index (χ4v) is 4.17. The maximum Gasteiger partial charge on any atom is 0.267 e. The van der Waals surface area contributed by atoms with Gasteiger partial charge in [-0.15, -0.1) is 0 Å². The van der Waals surface area contributed by atoms with Crippen LogP contribution in [0.5, 0.6) is 0 Å². The maximum absolute atomic E-state index is 12.6. The quantitative estimate of drug-likeness (QED) is 0.787. The Hall–Kier alpha value is -2.35. The average Bonchev–Trinajstić information content (AvgIpc) is 3.04. The summed E-state index contributed by atoms with van der Waals surface area (Å²) in [6.07, 6.45) is 3.80. The summed E-state index contributed by atoms with van der Waals surface area (Å²) in [5, 5.41) is 3.59. The largest absolute Gasteiger partial charge is 0.345 e. The molecule has 0 fully saturated rings. The van der Waals surface area contributed by atoms with Gasteiger partial charge in [0, 0.05) is 30.3 Å². The van der Waals surface area contributed by atoms with Crippen LogP contribution in [0.15, 0.2) is 33.1 Å². The van der Waals surface area contributed by atoms with Gasteiger partial charge >= 0.3 is 0 Å². The molecule has 124 valence electrons. The Kier molecular flexibility index (Phi) is 3.76. The molecule has 0 bridgehead atoms. The van der Waals surface area contributed by atoms with Crippen LogP contribution in [0.25, 0.3) is 0 Å². The number of H-pyrrole nitrogens is 1. The second kappa shape index (κ2) is 5.94. The molecule has 1 aliphatic carbocycles. The number of hydrogen-bond acceptors (Lipinski definition) is 5. The highest BCUT2D eigenvalue weighted by molar-refractivity contribution is 7.99. The molecule has 8 heteroatoms. The third-order valence-corrected chi connectivity index (χ3v) is 5.41. The van der Waals surface area contributed by atoms with Gasteiger partial charge in [-0.2, -0.15) is 0 Å². The summed E-state index contributed by atoms with van der Waals surface area (Å²) >= 11 is 1.52. The first-order valence-corrected chi connectivity index (χ1v) is 8.87. The lowest BCUT2D eigenvalue weighted by molar-refractivity contribution is 0.0929. The maximum atomic E-state index is 12.6. The first-order valence-electron chi connectivity index (χ1n) is 7.89. The van der Waals surface area contributed by atoms with Crippen molar-refractivity contribution in [3.63, 3.8) is 0 Å². The zero-order chi connectivity index (χ0) is 16.7. The first kappa shape index (κ1) is 15.2. The molecule has 4 rings (SSSR count). The summed E-state index contributed by atoms with van der Waals surface area (Å²) in [4.78, 5) is 43.5. The minimum Gasteiger partial charge on any atom is -0.345 e. The number of aromatic amines is 1. The van der Waals surface area contributed by atoms with Crippen molar-refractivity contribution in [3.05, 3.63) is 55.9 Å². The molecule has 0 spiro atoms. The van der Waals surface area contributed by atoms with Gasteiger partial charge in [-0.05, 0) is 30.9 Å². The third-order valence-electron chi connectivity index (χ3n) is 4.44. The van der Waals surface area contributed by atoms with Crippen molar-refractivity contribution in [1.82, 2.24) is 19.9 Å². The highest BCUT2D eigenvalue weighted by atomic mass is 32.2. The predicted octanol–water partition coefficient (Wildman–Crippen LogP) is 0.845. The van der Waals surface area contributed by atoms with E-state index in [0.717, 1.165) is 36.3 Å². The highest BCUT2D eigenvalue weighted by Gasteiger charge is 2.25. The van der Waals surface area contributed by atoms with Crippen molar-refractivity contribution in [2.75, 3.05) is 5.75 Å². The molecule has 1 aliphatic heterocycles. The molecule has 24 heavy (non-hydrogen) atoms. The average molecular weight is 344 g/mol. The predicted molar refractivity (Wildman–Crippen MR) is 89.4 cm³/mol. The number of fused-ring (bicyclic) bond motifs is 2. The van der Waals surface area contributed by atoms with Gasteiger partial charge in [0.25, 0.3) is 11.5 Å². The van der Waals surface area contributed by atoms with Crippen LogP contribution in [0.4, 0.5) is 0 Å². The fraction of sp³-hybridized carbons (Fsp3) is 0.375. The Balaban J connectivity index is 1.62. The van der Waals surface area contributed by atoms with E-state index in [1.54, 1.807) is 10.6 Å². The van der Waals surface area contributed by atoms with E-state index in [-0.39, 0.29) is 22.7 Å². The summed E-state index contributed by atoms with van der Waals surface area (Å²) in [5.41, 5.74) is 1.41. The van der Waals surface area contributed by atoms with E-state index in [9.17, 15) is 14.4 Å². The molecule has 7 nitrogen and oxygen atoms in total. The number of rotatable bonds is 2. The molecule has 3 heterocycles. The van der Waals surface area contributed by atoms with Gasteiger partial charge in [-0.3, -0.25) is 19.0 Å². The van der Waals surface area contributed by atoms with Gasteiger partial charge in [-0.25, -0.2) is 4.98 Å². The second-order valence-corrected chi connectivity index (χ2v) is 7.00. The third kappa shape index (κ3) is 2.56. The van der Waals surface area contributed by atoms with E-state index in [1.165, 1.54) is 24.0 Å². The van der Waals surface area contributed by atoms with Gasteiger partial charge in [-0.1, -0.05) is 11.8 Å². The van der Waals surface area contributed by atoms with Gasteiger partial charge in [0.15, 0.2) is 5.16 Å². The van der Waals surface area contributed by atoms with Crippen LogP contribution < -0.4 is 16.4 Å². The monoisotopic (exact) mass is 344 g/mol. The van der Waals surface area contributed by atoms with Crippen LogP contribution in [-0.2, 0) is 13.0 Å². The first-order chi connectivity index (χ1) is 11.6. The molecule has 2 aromatic rings. The second-order valence-electron chi connectivity index (χ2n) is 5.93. The molecule has 2 N–H and O–H groups in total. The van der Waals surface area contributed by atoms with Crippen molar-refractivity contribution in [2.24, 2.45) is 0 Å². The number of nitrogens with one attached hydrogen (secondary N) is 2. The van der Waals surface area contributed by atoms with Crippen molar-refractivity contribution in [1.29, 1.82) is 0 Å². The van der Waals surface area contributed by atoms with Crippen LogP contribution in [0.1, 0.15) is 40.5 Å². The summed E-state index contributed by atoms with van der Waals surface area (Å²) < 4.78 is 1.55. The summed E-state index contributed by atoms with van der Waals surface area (Å²) in [5.74, 6) is 0.389. The van der Waals surface area contributed by atoms with Crippen LogP contribution in [0.2, 0.25) is 0 Å². The summed E-state index contributed by atoms with van der Waals surface area (Å²) in [6, 6.07) is 3.01. The molecular weight excluding hydrogens is 328 g/mol. The zero-order valence-electron chi connectivity index (χ0n) is 12.9. The molecule has 0 radical (unpaired) electrons. The smallest absolute Gasteiger partial charge is 0.267 e. The normalized spacial score (nSPS) is 18.8. The van der Waals surface area contributed by atoms with E-state index in [1.807, 2.05) is 0 Å². The van der Waals surface area contributed by atoms with E-state index < -0.39 is 5.91 Å². The van der Waals surface area contributed by atoms with E-state index in [2.05, 4.69) is 15.3 Å². The molecule has 1 atom stereocenters. The molecule has 0 saturated heterocycles. The summed E-state index contributed by atoms with van der Waals surface area (Å²) in [6.45, 7) is 0.584. The minimum atomic E-state index is -0.413. The highest BCUT2D eigenvalue weighted by Crippen LogP contribution is 2.27. The van der Waals surface area contributed by atoms with E-state index in [0.29, 0.717) is 11.7 Å². The molecule has 0 aromatic carbocycles. The topological polar surface area (TPSA) is 96.8 Å². The number of pyridine rings is 1. The number of thioether (sulfide) groups is 1. The Morgan fingerprint density at radius 2 is 2.25 bits per heavy atom. The van der Waals surface area contributed by atoms with E-state index >= 15 is 0 Å². The van der Waals surface area contributed by atoms with Crippen LogP contribution in [-0.4, -0.2) is 26.2 Å². The number of aromatic nitrogens is 3. The number of carbonyl (C=O) groups is 1. The Bertz CT molecular complexity index is 934. The molecular formula is C16H16N4O3S. The Morgan fingerprint density at radius 3 is 3.12 bits per heavy atom.